The van der Waals surface area contributed by atoms with E-state index in [1.165, 1.54) is 0 Å². The van der Waals surface area contributed by atoms with Crippen molar-refractivity contribution in [3.63, 3.8) is 0 Å². The van der Waals surface area contributed by atoms with Crippen molar-refractivity contribution in [1.29, 1.82) is 0 Å². The lowest BCUT2D eigenvalue weighted by Crippen LogP contribution is -2.29. The van der Waals surface area contributed by atoms with Crippen molar-refractivity contribution in [2.24, 2.45) is 0 Å². The molecule has 16 heavy (non-hydrogen) atoms. The third-order valence-corrected chi connectivity index (χ3v) is 2.46. The van der Waals surface area contributed by atoms with E-state index in [0.717, 1.165) is 5.56 Å². The van der Waals surface area contributed by atoms with Gasteiger partial charge in [0.25, 0.3) is 0 Å². The van der Waals surface area contributed by atoms with Gasteiger partial charge >= 0.3 is 5.97 Å². The maximum atomic E-state index is 11.8. The summed E-state index contributed by atoms with van der Waals surface area (Å²) in [5.41, 5.74) is 0.882. The Morgan fingerprint density at radius 3 is 2.38 bits per heavy atom. The number of nitrogens with zero attached hydrogens (tertiary/aromatic N) is 1. The van der Waals surface area contributed by atoms with Crippen LogP contribution in [0.1, 0.15) is 18.5 Å². The minimum absolute atomic E-state index is 0.241. The third-order valence-electron chi connectivity index (χ3n) is 2.21. The summed E-state index contributed by atoms with van der Waals surface area (Å²) in [5, 5.41) is 0.658. The standard InChI is InChI=1S/C12H16ClNO2/c1-4-16-12(15)11(14(2)3)9-5-7-10(13)8-6-9/h5-8,11H,4H2,1-3H3. The molecule has 1 rings (SSSR count). The molecule has 0 aliphatic rings. The lowest BCUT2D eigenvalue weighted by molar-refractivity contribution is -0.148. The van der Waals surface area contributed by atoms with Gasteiger partial charge in [0, 0.05) is 5.02 Å². The highest BCUT2D eigenvalue weighted by atomic mass is 35.5. The first-order chi connectivity index (χ1) is 7.56. The molecule has 0 saturated heterocycles. The first-order valence-corrected chi connectivity index (χ1v) is 5.52. The fourth-order valence-electron chi connectivity index (χ4n) is 1.51. The number of rotatable bonds is 4. The molecule has 88 valence electrons. The molecule has 0 spiro atoms. The van der Waals surface area contributed by atoms with E-state index in [0.29, 0.717) is 11.6 Å². The maximum absolute atomic E-state index is 11.8. The zero-order valence-electron chi connectivity index (χ0n) is 9.74. The van der Waals surface area contributed by atoms with Crippen LogP contribution in [0.15, 0.2) is 24.3 Å². The molecule has 0 amide bonds. The van der Waals surface area contributed by atoms with E-state index in [4.69, 9.17) is 16.3 Å². The quantitative estimate of drug-likeness (QED) is 0.759. The van der Waals surface area contributed by atoms with Crippen LogP contribution in [0.4, 0.5) is 0 Å². The van der Waals surface area contributed by atoms with Crippen LogP contribution in [-0.2, 0) is 9.53 Å². The van der Waals surface area contributed by atoms with Crippen LogP contribution < -0.4 is 0 Å². The Hall–Kier alpha value is -1.06. The minimum atomic E-state index is -0.378. The summed E-state index contributed by atoms with van der Waals surface area (Å²) < 4.78 is 5.04. The van der Waals surface area contributed by atoms with E-state index in [-0.39, 0.29) is 12.0 Å². The summed E-state index contributed by atoms with van der Waals surface area (Å²) in [6, 6.07) is 6.84. The maximum Gasteiger partial charge on any atom is 0.327 e. The van der Waals surface area contributed by atoms with Crippen molar-refractivity contribution in [3.05, 3.63) is 34.9 Å². The van der Waals surface area contributed by atoms with Crippen molar-refractivity contribution in [3.8, 4) is 0 Å². The summed E-state index contributed by atoms with van der Waals surface area (Å²) in [4.78, 5) is 13.6. The molecule has 0 fully saturated rings. The number of hydrogen-bond donors (Lipinski definition) is 0. The largest absolute Gasteiger partial charge is 0.465 e. The summed E-state index contributed by atoms with van der Waals surface area (Å²) in [7, 11) is 3.69. The molecule has 1 aromatic rings. The first kappa shape index (κ1) is 13.0. The molecule has 0 radical (unpaired) electrons. The number of benzene rings is 1. The molecule has 0 heterocycles. The Labute approximate surface area is 101 Å². The van der Waals surface area contributed by atoms with Gasteiger partial charge in [-0.15, -0.1) is 0 Å². The summed E-state index contributed by atoms with van der Waals surface area (Å²) in [6.45, 7) is 2.18. The highest BCUT2D eigenvalue weighted by Crippen LogP contribution is 2.21. The van der Waals surface area contributed by atoms with Crippen LogP contribution in [0.25, 0.3) is 0 Å². The molecule has 0 aliphatic carbocycles. The Kier molecular flexibility index (Phi) is 4.77. The van der Waals surface area contributed by atoms with Crippen molar-refractivity contribution >= 4 is 17.6 Å². The second kappa shape index (κ2) is 5.87. The number of carbonyl (C=O) groups is 1. The van der Waals surface area contributed by atoms with Crippen LogP contribution in [-0.4, -0.2) is 31.6 Å². The van der Waals surface area contributed by atoms with Gasteiger partial charge in [0.2, 0.25) is 0 Å². The molecule has 0 aliphatic heterocycles. The van der Waals surface area contributed by atoms with E-state index in [1.54, 1.807) is 19.1 Å². The fourth-order valence-corrected chi connectivity index (χ4v) is 1.64. The Morgan fingerprint density at radius 2 is 1.94 bits per heavy atom. The zero-order valence-corrected chi connectivity index (χ0v) is 10.5. The molecule has 0 N–H and O–H groups in total. The van der Waals surface area contributed by atoms with Gasteiger partial charge in [-0.25, -0.2) is 4.79 Å². The zero-order chi connectivity index (χ0) is 12.1. The van der Waals surface area contributed by atoms with Crippen molar-refractivity contribution in [2.75, 3.05) is 20.7 Å². The van der Waals surface area contributed by atoms with Crippen molar-refractivity contribution in [1.82, 2.24) is 4.90 Å². The van der Waals surface area contributed by atoms with Crippen LogP contribution in [0, 0.1) is 0 Å². The van der Waals surface area contributed by atoms with Gasteiger partial charge < -0.3 is 4.74 Å². The number of esters is 1. The topological polar surface area (TPSA) is 29.5 Å². The molecule has 4 heteroatoms. The van der Waals surface area contributed by atoms with Gasteiger partial charge in [-0.2, -0.15) is 0 Å². The van der Waals surface area contributed by atoms with E-state index >= 15 is 0 Å². The SMILES string of the molecule is CCOC(=O)C(c1ccc(Cl)cc1)N(C)C. The molecule has 1 atom stereocenters. The highest BCUT2D eigenvalue weighted by Gasteiger charge is 2.23. The van der Waals surface area contributed by atoms with Crippen LogP contribution in [0.5, 0.6) is 0 Å². The van der Waals surface area contributed by atoms with Gasteiger partial charge in [0.1, 0.15) is 6.04 Å². The first-order valence-electron chi connectivity index (χ1n) is 5.14. The van der Waals surface area contributed by atoms with E-state index < -0.39 is 0 Å². The number of likely N-dealkylation sites (N-methyl/N-ethyl adjacent to an activating group) is 1. The average Bonchev–Trinajstić information content (AvgIpc) is 2.21. The van der Waals surface area contributed by atoms with Gasteiger partial charge in [-0.3, -0.25) is 4.90 Å². The van der Waals surface area contributed by atoms with Gasteiger partial charge in [0.05, 0.1) is 6.61 Å². The predicted molar refractivity (Wildman–Crippen MR) is 64.5 cm³/mol. The Bertz CT molecular complexity index is 349. The Balaban J connectivity index is 2.93. The lowest BCUT2D eigenvalue weighted by atomic mass is 10.1. The summed E-state index contributed by atoms with van der Waals surface area (Å²) >= 11 is 5.81. The minimum Gasteiger partial charge on any atom is -0.465 e. The summed E-state index contributed by atoms with van der Waals surface area (Å²) in [6.07, 6.45) is 0. The van der Waals surface area contributed by atoms with Gasteiger partial charge in [-0.1, -0.05) is 23.7 Å². The predicted octanol–water partition coefficient (Wildman–Crippen LogP) is 2.51. The number of hydrogen-bond acceptors (Lipinski definition) is 3. The van der Waals surface area contributed by atoms with E-state index in [1.807, 2.05) is 31.1 Å². The molecule has 0 saturated carbocycles. The number of ether oxygens (including phenoxy) is 1. The average molecular weight is 242 g/mol. The normalized spacial score (nSPS) is 12.6. The van der Waals surface area contributed by atoms with Crippen LogP contribution >= 0.6 is 11.6 Å². The van der Waals surface area contributed by atoms with Gasteiger partial charge in [-0.05, 0) is 38.7 Å². The lowest BCUT2D eigenvalue weighted by Gasteiger charge is -2.22. The second-order valence-electron chi connectivity index (χ2n) is 3.67. The van der Waals surface area contributed by atoms with Crippen LogP contribution in [0.2, 0.25) is 5.02 Å². The molecule has 0 bridgehead atoms. The monoisotopic (exact) mass is 241 g/mol. The molecule has 1 aromatic carbocycles. The van der Waals surface area contributed by atoms with Crippen LogP contribution in [0.3, 0.4) is 0 Å². The second-order valence-corrected chi connectivity index (χ2v) is 4.11. The number of carbonyl (C=O) groups excluding carboxylic acids is 1. The molecule has 3 nitrogen and oxygen atoms in total. The van der Waals surface area contributed by atoms with Crippen molar-refractivity contribution in [2.45, 2.75) is 13.0 Å². The smallest absolute Gasteiger partial charge is 0.327 e. The fraction of sp³-hybridized carbons (Fsp3) is 0.417. The van der Waals surface area contributed by atoms with E-state index in [2.05, 4.69) is 0 Å². The Morgan fingerprint density at radius 1 is 1.38 bits per heavy atom. The highest BCUT2D eigenvalue weighted by molar-refractivity contribution is 6.30. The van der Waals surface area contributed by atoms with Crippen molar-refractivity contribution < 1.29 is 9.53 Å². The molecule has 1 unspecified atom stereocenters. The summed E-state index contributed by atoms with van der Waals surface area (Å²) in [5.74, 6) is -0.241. The third kappa shape index (κ3) is 3.22. The van der Waals surface area contributed by atoms with E-state index in [9.17, 15) is 4.79 Å². The molecule has 0 aromatic heterocycles. The number of halogens is 1. The molecular weight excluding hydrogens is 226 g/mol. The molecular formula is C12H16ClNO2. The van der Waals surface area contributed by atoms with Gasteiger partial charge in [0.15, 0.2) is 0 Å².